The van der Waals surface area contributed by atoms with Gasteiger partial charge in [-0.05, 0) is 40.9 Å². The molecule has 19 heavy (non-hydrogen) atoms. The Bertz CT molecular complexity index is 637. The minimum atomic E-state index is -0.532. The van der Waals surface area contributed by atoms with Crippen LogP contribution in [0.4, 0.5) is 9.18 Å². The Morgan fingerprint density at radius 2 is 2.21 bits per heavy atom. The molecule has 102 valence electrons. The van der Waals surface area contributed by atoms with Gasteiger partial charge in [0, 0.05) is 0 Å². The van der Waals surface area contributed by atoms with E-state index in [4.69, 9.17) is 4.74 Å². The van der Waals surface area contributed by atoms with Crippen LogP contribution in [0.3, 0.4) is 0 Å². The van der Waals surface area contributed by atoms with Crippen LogP contribution >= 0.6 is 15.9 Å². The van der Waals surface area contributed by atoms with E-state index in [9.17, 15) is 9.18 Å². The van der Waals surface area contributed by atoms with Crippen LogP contribution in [0.5, 0.6) is 0 Å². The van der Waals surface area contributed by atoms with Gasteiger partial charge in [-0.2, -0.15) is 0 Å². The van der Waals surface area contributed by atoms with Crippen LogP contribution in [0.25, 0.3) is 11.0 Å². The Morgan fingerprint density at radius 3 is 2.84 bits per heavy atom. The monoisotopic (exact) mass is 328 g/mol. The molecule has 0 unspecified atom stereocenters. The van der Waals surface area contributed by atoms with Crippen LogP contribution in [0.1, 0.15) is 19.7 Å². The van der Waals surface area contributed by atoms with E-state index in [0.29, 0.717) is 22.4 Å². The minimum absolute atomic E-state index is 0.161. The van der Waals surface area contributed by atoms with E-state index in [1.807, 2.05) is 13.8 Å². The number of ether oxygens (including phenoxy) is 1. The van der Waals surface area contributed by atoms with Gasteiger partial charge < -0.3 is 4.74 Å². The van der Waals surface area contributed by atoms with Crippen molar-refractivity contribution in [1.82, 2.24) is 9.55 Å². The summed E-state index contributed by atoms with van der Waals surface area (Å²) in [5.41, 5.74) is 0.570. The third kappa shape index (κ3) is 2.63. The van der Waals surface area contributed by atoms with Crippen LogP contribution < -0.4 is 0 Å². The summed E-state index contributed by atoms with van der Waals surface area (Å²) < 4.78 is 20.7. The fraction of sp³-hybridized carbons (Fsp3) is 0.385. The first-order chi connectivity index (χ1) is 8.91. The zero-order chi connectivity index (χ0) is 14.2. The Labute approximate surface area is 118 Å². The van der Waals surface area contributed by atoms with Crippen molar-refractivity contribution in [3.05, 3.63) is 28.2 Å². The maximum Gasteiger partial charge on any atom is 0.419 e. The van der Waals surface area contributed by atoms with Gasteiger partial charge in [-0.15, -0.1) is 0 Å². The fourth-order valence-electron chi connectivity index (χ4n) is 1.74. The topological polar surface area (TPSA) is 44.1 Å². The first kappa shape index (κ1) is 14.0. The van der Waals surface area contributed by atoms with E-state index in [1.54, 1.807) is 19.1 Å². The van der Waals surface area contributed by atoms with E-state index < -0.39 is 11.9 Å². The Balaban J connectivity index is 2.46. The van der Waals surface area contributed by atoms with Crippen LogP contribution in [-0.2, 0) is 4.74 Å². The van der Waals surface area contributed by atoms with E-state index in [1.165, 1.54) is 4.57 Å². The number of imidazole rings is 1. The molecular weight excluding hydrogens is 315 g/mol. The number of hydrogen-bond acceptors (Lipinski definition) is 3. The molecule has 2 rings (SSSR count). The number of aromatic nitrogens is 2. The molecule has 1 heterocycles. The highest BCUT2D eigenvalue weighted by Crippen LogP contribution is 2.25. The Morgan fingerprint density at radius 1 is 1.53 bits per heavy atom. The van der Waals surface area contributed by atoms with Gasteiger partial charge in [-0.25, -0.2) is 18.7 Å². The van der Waals surface area contributed by atoms with Crippen molar-refractivity contribution in [2.24, 2.45) is 5.92 Å². The van der Waals surface area contributed by atoms with Crippen LogP contribution in [0, 0.1) is 18.7 Å². The molecule has 2 aromatic rings. The molecule has 0 atom stereocenters. The molecule has 1 aromatic heterocycles. The Kier molecular flexibility index (Phi) is 3.89. The second-order valence-corrected chi connectivity index (χ2v) is 5.55. The zero-order valence-corrected chi connectivity index (χ0v) is 12.5. The third-order valence-electron chi connectivity index (χ3n) is 2.61. The first-order valence-electron chi connectivity index (χ1n) is 5.92. The number of rotatable bonds is 2. The molecule has 0 amide bonds. The van der Waals surface area contributed by atoms with Crippen molar-refractivity contribution in [2.45, 2.75) is 20.8 Å². The molecular formula is C13H14BrFN2O2. The molecule has 0 aliphatic heterocycles. The minimum Gasteiger partial charge on any atom is -0.449 e. The van der Waals surface area contributed by atoms with Gasteiger partial charge in [-0.3, -0.25) is 0 Å². The lowest BCUT2D eigenvalue weighted by Crippen LogP contribution is -2.17. The molecule has 0 spiro atoms. The second kappa shape index (κ2) is 5.28. The predicted octanol–water partition coefficient (Wildman–Crippen LogP) is 3.89. The molecule has 0 bridgehead atoms. The van der Waals surface area contributed by atoms with Gasteiger partial charge in [0.2, 0.25) is 0 Å². The van der Waals surface area contributed by atoms with Gasteiger partial charge in [0.05, 0.1) is 16.6 Å². The first-order valence-corrected chi connectivity index (χ1v) is 6.71. The number of hydrogen-bond donors (Lipinski definition) is 0. The molecule has 0 fully saturated rings. The summed E-state index contributed by atoms with van der Waals surface area (Å²) in [6, 6.07) is 3.18. The highest BCUT2D eigenvalue weighted by molar-refractivity contribution is 9.10. The predicted molar refractivity (Wildman–Crippen MR) is 73.7 cm³/mol. The lowest BCUT2D eigenvalue weighted by atomic mass is 10.2. The van der Waals surface area contributed by atoms with E-state index in [-0.39, 0.29) is 11.4 Å². The highest BCUT2D eigenvalue weighted by atomic mass is 79.9. The zero-order valence-electron chi connectivity index (χ0n) is 10.9. The normalized spacial score (nSPS) is 11.3. The van der Waals surface area contributed by atoms with E-state index in [2.05, 4.69) is 20.9 Å². The molecule has 0 aliphatic carbocycles. The number of nitrogens with zero attached hydrogens (tertiary/aromatic N) is 2. The molecule has 1 aromatic carbocycles. The van der Waals surface area contributed by atoms with Crippen molar-refractivity contribution in [2.75, 3.05) is 6.61 Å². The standard InChI is InChI=1S/C13H14BrFN2O2/c1-7(2)6-19-13(18)17-8(3)16-12-10(17)5-4-9(14)11(12)15/h4-5,7H,6H2,1-3H3. The maximum absolute atomic E-state index is 13.9. The number of halogens is 2. The smallest absolute Gasteiger partial charge is 0.419 e. The summed E-state index contributed by atoms with van der Waals surface area (Å²) >= 11 is 3.10. The summed E-state index contributed by atoms with van der Waals surface area (Å²) in [5, 5.41) is 0. The maximum atomic E-state index is 13.9. The molecule has 0 N–H and O–H groups in total. The van der Waals surface area contributed by atoms with Crippen LogP contribution in [0.15, 0.2) is 16.6 Å². The number of carbonyl (C=O) groups excluding carboxylic acids is 1. The van der Waals surface area contributed by atoms with Crippen molar-refractivity contribution in [1.29, 1.82) is 0 Å². The van der Waals surface area contributed by atoms with Crippen molar-refractivity contribution < 1.29 is 13.9 Å². The summed E-state index contributed by atoms with van der Waals surface area (Å²) in [6.45, 7) is 5.85. The van der Waals surface area contributed by atoms with Gasteiger partial charge in [0.1, 0.15) is 11.3 Å². The third-order valence-corrected chi connectivity index (χ3v) is 3.22. The summed E-state index contributed by atoms with van der Waals surface area (Å²) in [5.74, 6) is 0.168. The molecule has 0 saturated carbocycles. The number of fused-ring (bicyclic) bond motifs is 1. The highest BCUT2D eigenvalue weighted by Gasteiger charge is 2.19. The van der Waals surface area contributed by atoms with Crippen LogP contribution in [-0.4, -0.2) is 22.3 Å². The molecule has 0 aliphatic rings. The van der Waals surface area contributed by atoms with Crippen LogP contribution in [0.2, 0.25) is 0 Å². The molecule has 0 radical (unpaired) electrons. The molecule has 0 saturated heterocycles. The van der Waals surface area contributed by atoms with E-state index in [0.717, 1.165) is 0 Å². The summed E-state index contributed by atoms with van der Waals surface area (Å²) in [4.78, 5) is 16.1. The lowest BCUT2D eigenvalue weighted by Gasteiger charge is -2.09. The summed E-state index contributed by atoms with van der Waals surface area (Å²) in [7, 11) is 0. The average Bonchev–Trinajstić information content (AvgIpc) is 2.68. The Hall–Kier alpha value is -1.43. The van der Waals surface area contributed by atoms with Gasteiger partial charge in [-0.1, -0.05) is 13.8 Å². The van der Waals surface area contributed by atoms with E-state index >= 15 is 0 Å². The van der Waals surface area contributed by atoms with Crippen molar-refractivity contribution >= 4 is 33.1 Å². The largest absolute Gasteiger partial charge is 0.449 e. The number of carbonyl (C=O) groups is 1. The summed E-state index contributed by atoms with van der Waals surface area (Å²) in [6.07, 6.45) is -0.532. The van der Waals surface area contributed by atoms with Gasteiger partial charge in [0.25, 0.3) is 0 Å². The number of benzene rings is 1. The number of aryl methyl sites for hydroxylation is 1. The van der Waals surface area contributed by atoms with Gasteiger partial charge >= 0.3 is 6.09 Å². The fourth-order valence-corrected chi connectivity index (χ4v) is 2.06. The SMILES string of the molecule is Cc1nc2c(F)c(Br)ccc2n1C(=O)OCC(C)C. The molecule has 4 nitrogen and oxygen atoms in total. The van der Waals surface area contributed by atoms with Crippen molar-refractivity contribution in [3.8, 4) is 0 Å². The quantitative estimate of drug-likeness (QED) is 0.840. The molecule has 6 heteroatoms. The second-order valence-electron chi connectivity index (χ2n) is 4.69. The average molecular weight is 329 g/mol. The van der Waals surface area contributed by atoms with Gasteiger partial charge in [0.15, 0.2) is 5.82 Å². The van der Waals surface area contributed by atoms with Crippen molar-refractivity contribution in [3.63, 3.8) is 0 Å². The lowest BCUT2D eigenvalue weighted by molar-refractivity contribution is 0.135.